The fourth-order valence-corrected chi connectivity index (χ4v) is 5.93. The van der Waals surface area contributed by atoms with Crippen LogP contribution in [0.4, 0.5) is 0 Å². The summed E-state index contributed by atoms with van der Waals surface area (Å²) in [5.41, 5.74) is 0.202. The van der Waals surface area contributed by atoms with Gasteiger partial charge in [-0.1, -0.05) is 19.1 Å². The largest absolute Gasteiger partial charge is 0.507 e. The van der Waals surface area contributed by atoms with E-state index in [1.807, 2.05) is 0 Å². The zero-order chi connectivity index (χ0) is 36.0. The molecule has 2 aliphatic heterocycles. The summed E-state index contributed by atoms with van der Waals surface area (Å²) >= 11 is 0. The van der Waals surface area contributed by atoms with E-state index in [-0.39, 0.29) is 73.0 Å². The standard InChI is InChI=1S/C34H42N2O13/c1-5-19(33(44)21-15-23(38)20-7-6-8-25(46-4)31(20)34(21)45)24(10-9-17(2)37)48-30-16-22(32(43)18(3)47-30)35-26(39)11-14-29(42)49-36-27(40)12-13-28(36)41/h6-8,15,17-18,22,24,30,32,37,43-44H,5,9-14,16H2,1-4H3,(H,35,39)/b33-19-/t17?,18-,22-,24-,30?,32+/m0/s1. The monoisotopic (exact) mass is 686 g/mol. The molecule has 49 heavy (non-hydrogen) atoms. The van der Waals surface area contributed by atoms with Gasteiger partial charge < -0.3 is 39.7 Å². The van der Waals surface area contributed by atoms with Gasteiger partial charge in [0, 0.05) is 42.9 Å². The number of nitrogens with zero attached hydrogens (tertiary/aromatic N) is 1. The molecule has 0 aromatic heterocycles. The molecule has 0 saturated carbocycles. The van der Waals surface area contributed by atoms with Crippen LogP contribution in [0.3, 0.4) is 0 Å². The molecule has 1 aromatic rings. The number of carbonyl (C=O) groups is 6. The van der Waals surface area contributed by atoms with Crippen molar-refractivity contribution in [2.75, 3.05) is 7.11 Å². The van der Waals surface area contributed by atoms with Crippen LogP contribution in [0, 0.1) is 0 Å². The van der Waals surface area contributed by atoms with E-state index in [1.165, 1.54) is 13.2 Å². The van der Waals surface area contributed by atoms with Crippen LogP contribution in [-0.4, -0.2) is 99.5 Å². The molecule has 15 nitrogen and oxygen atoms in total. The normalized spacial score (nSPS) is 24.1. The Morgan fingerprint density at radius 2 is 1.80 bits per heavy atom. The molecule has 0 radical (unpaired) electrons. The zero-order valence-electron chi connectivity index (χ0n) is 27.8. The van der Waals surface area contributed by atoms with Crippen molar-refractivity contribution in [1.82, 2.24) is 10.4 Å². The van der Waals surface area contributed by atoms with Crippen LogP contribution in [0.5, 0.6) is 5.75 Å². The third-order valence-electron chi connectivity index (χ3n) is 8.56. The predicted octanol–water partition coefficient (Wildman–Crippen LogP) is 2.14. The number of nitrogens with one attached hydrogen (secondary N) is 1. The number of hydrogen-bond donors (Lipinski definition) is 4. The number of carbonyl (C=O) groups excluding carboxylic acids is 6. The van der Waals surface area contributed by atoms with Crippen LogP contribution >= 0.6 is 0 Å². The van der Waals surface area contributed by atoms with Crippen molar-refractivity contribution in [3.8, 4) is 5.75 Å². The summed E-state index contributed by atoms with van der Waals surface area (Å²) in [5, 5.41) is 35.4. The molecule has 4 N–H and O–H groups in total. The molecule has 3 aliphatic rings. The van der Waals surface area contributed by atoms with Gasteiger partial charge in [-0.05, 0) is 39.2 Å². The molecular weight excluding hydrogens is 644 g/mol. The first-order chi connectivity index (χ1) is 23.2. The smallest absolute Gasteiger partial charge is 0.333 e. The van der Waals surface area contributed by atoms with E-state index < -0.39 is 84.2 Å². The van der Waals surface area contributed by atoms with E-state index in [9.17, 15) is 44.1 Å². The molecule has 2 unspecified atom stereocenters. The Balaban J connectivity index is 1.49. The molecule has 3 amide bonds. The minimum atomic E-state index is -1.16. The number of amides is 3. The van der Waals surface area contributed by atoms with Gasteiger partial charge in [-0.2, -0.15) is 0 Å². The SMILES string of the molecule is CC/C(=C(/O)C1=CC(=O)c2cccc(OC)c2C1=O)[C@H](CCC(C)O)OC1C[C@H](NC(=O)CCC(=O)ON2C(=O)CCC2=O)[C@H](O)[C@H](C)O1. The van der Waals surface area contributed by atoms with E-state index in [2.05, 4.69) is 5.32 Å². The number of hydroxylamine groups is 2. The summed E-state index contributed by atoms with van der Waals surface area (Å²) in [7, 11) is 1.37. The van der Waals surface area contributed by atoms with Crippen molar-refractivity contribution >= 4 is 35.3 Å². The number of aliphatic hydroxyl groups is 3. The highest BCUT2D eigenvalue weighted by atomic mass is 16.7. The first kappa shape index (κ1) is 37.4. The molecule has 0 spiro atoms. The molecule has 6 atom stereocenters. The Kier molecular flexibility index (Phi) is 12.4. The highest BCUT2D eigenvalue weighted by Crippen LogP contribution is 2.35. The second kappa shape index (κ2) is 16.3. The van der Waals surface area contributed by atoms with Gasteiger partial charge in [0.1, 0.15) is 17.6 Å². The number of ether oxygens (including phenoxy) is 3. The molecule has 0 bridgehead atoms. The van der Waals surface area contributed by atoms with Crippen LogP contribution in [0.1, 0.15) is 92.9 Å². The van der Waals surface area contributed by atoms with Crippen LogP contribution in [0.2, 0.25) is 0 Å². The summed E-state index contributed by atoms with van der Waals surface area (Å²) < 4.78 is 17.5. The molecule has 266 valence electrons. The molecule has 2 heterocycles. The number of allylic oxidation sites excluding steroid dienone is 2. The van der Waals surface area contributed by atoms with Gasteiger partial charge >= 0.3 is 5.97 Å². The maximum Gasteiger partial charge on any atom is 0.333 e. The van der Waals surface area contributed by atoms with Gasteiger partial charge in [0.05, 0.1) is 49.0 Å². The van der Waals surface area contributed by atoms with Gasteiger partial charge in [0.15, 0.2) is 12.1 Å². The number of aliphatic hydroxyl groups excluding tert-OH is 3. The second-order valence-corrected chi connectivity index (χ2v) is 12.1. The van der Waals surface area contributed by atoms with Crippen LogP contribution < -0.4 is 10.1 Å². The zero-order valence-corrected chi connectivity index (χ0v) is 27.8. The quantitative estimate of drug-likeness (QED) is 0.163. The average Bonchev–Trinajstić information content (AvgIpc) is 3.38. The molecule has 1 aliphatic carbocycles. The third kappa shape index (κ3) is 8.78. The number of Topliss-reactive ketones (excluding diaryl/α,β-unsaturated/α-hetero) is 1. The molecule has 15 heteroatoms. The summed E-state index contributed by atoms with van der Waals surface area (Å²) in [6.07, 6.45) is -3.99. The van der Waals surface area contributed by atoms with Gasteiger partial charge in [0.2, 0.25) is 11.7 Å². The van der Waals surface area contributed by atoms with Gasteiger partial charge in [-0.25, -0.2) is 4.79 Å². The van der Waals surface area contributed by atoms with Crippen molar-refractivity contribution in [2.24, 2.45) is 0 Å². The fraction of sp³-hybridized carbons (Fsp3) is 0.529. The first-order valence-corrected chi connectivity index (χ1v) is 16.2. The Morgan fingerprint density at radius 3 is 2.43 bits per heavy atom. The second-order valence-electron chi connectivity index (χ2n) is 12.1. The van der Waals surface area contributed by atoms with E-state index in [0.29, 0.717) is 5.06 Å². The van der Waals surface area contributed by atoms with Crippen LogP contribution in [0.15, 0.2) is 41.2 Å². The Bertz CT molecular complexity index is 1530. The molecular formula is C34H42N2O13. The molecule has 2 saturated heterocycles. The maximum absolute atomic E-state index is 13.6. The average molecular weight is 687 g/mol. The minimum absolute atomic E-state index is 0.0271. The van der Waals surface area contributed by atoms with Crippen LogP contribution in [0.25, 0.3) is 0 Å². The summed E-state index contributed by atoms with van der Waals surface area (Å²) in [4.78, 5) is 79.6. The first-order valence-electron chi connectivity index (χ1n) is 16.2. The minimum Gasteiger partial charge on any atom is -0.507 e. The highest BCUT2D eigenvalue weighted by molar-refractivity contribution is 6.27. The van der Waals surface area contributed by atoms with Crippen molar-refractivity contribution in [2.45, 2.75) is 109 Å². The molecule has 1 aromatic carbocycles. The topological polar surface area (TPSA) is 215 Å². The number of benzene rings is 1. The molecule has 2 fully saturated rings. The van der Waals surface area contributed by atoms with Crippen molar-refractivity contribution in [3.05, 3.63) is 52.3 Å². The van der Waals surface area contributed by atoms with Gasteiger partial charge in [-0.3, -0.25) is 24.0 Å². The third-order valence-corrected chi connectivity index (χ3v) is 8.56. The summed E-state index contributed by atoms with van der Waals surface area (Å²) in [5.74, 6) is -4.23. The van der Waals surface area contributed by atoms with E-state index in [0.717, 1.165) is 6.08 Å². The van der Waals surface area contributed by atoms with Gasteiger partial charge in [-0.15, -0.1) is 5.06 Å². The number of hydrogen-bond acceptors (Lipinski definition) is 13. The lowest BCUT2D eigenvalue weighted by molar-refractivity contribution is -0.238. The number of rotatable bonds is 14. The Hall–Kier alpha value is -4.44. The Labute approximate surface area is 282 Å². The van der Waals surface area contributed by atoms with Crippen molar-refractivity contribution in [1.29, 1.82) is 0 Å². The number of ketones is 2. The number of imide groups is 1. The Morgan fingerprint density at radius 1 is 1.10 bits per heavy atom. The van der Waals surface area contributed by atoms with Crippen molar-refractivity contribution < 1.29 is 63.1 Å². The lowest BCUT2D eigenvalue weighted by Gasteiger charge is -2.39. The fourth-order valence-electron chi connectivity index (χ4n) is 5.93. The lowest BCUT2D eigenvalue weighted by atomic mass is 9.85. The van der Waals surface area contributed by atoms with E-state index >= 15 is 0 Å². The highest BCUT2D eigenvalue weighted by Gasteiger charge is 2.39. The van der Waals surface area contributed by atoms with E-state index in [1.54, 1.807) is 32.9 Å². The number of methoxy groups -OCH3 is 1. The molecule has 4 rings (SSSR count). The summed E-state index contributed by atoms with van der Waals surface area (Å²) in [6.45, 7) is 4.88. The number of fused-ring (bicyclic) bond motifs is 1. The summed E-state index contributed by atoms with van der Waals surface area (Å²) in [6, 6.07) is 3.74. The van der Waals surface area contributed by atoms with Gasteiger partial charge in [0.25, 0.3) is 11.8 Å². The van der Waals surface area contributed by atoms with Crippen LogP contribution in [-0.2, 0) is 33.5 Å². The van der Waals surface area contributed by atoms with Crippen molar-refractivity contribution in [3.63, 3.8) is 0 Å². The maximum atomic E-state index is 13.6. The lowest BCUT2D eigenvalue weighted by Crippen LogP contribution is -2.55. The predicted molar refractivity (Wildman–Crippen MR) is 169 cm³/mol. The van der Waals surface area contributed by atoms with E-state index in [4.69, 9.17) is 19.0 Å².